The van der Waals surface area contributed by atoms with E-state index in [4.69, 9.17) is 11.6 Å². The zero-order valence-electron chi connectivity index (χ0n) is 15.4. The third-order valence-corrected chi connectivity index (χ3v) is 5.16. The fourth-order valence-corrected chi connectivity index (χ4v) is 3.80. The molecule has 0 aliphatic rings. The number of alkyl halides is 5. The topological polar surface area (TPSA) is 59.9 Å². The number of hydrogen-bond acceptors (Lipinski definition) is 6. The first-order chi connectivity index (χ1) is 15.0. The van der Waals surface area contributed by atoms with E-state index < -0.39 is 40.4 Å². The van der Waals surface area contributed by atoms with Crippen LogP contribution in [0, 0.1) is 5.82 Å². The molecule has 1 N–H and O–H groups in total. The number of benzene rings is 2. The molecule has 13 heteroatoms. The zero-order valence-corrected chi connectivity index (χ0v) is 17.0. The summed E-state index contributed by atoms with van der Waals surface area (Å²) in [5, 5.41) is 2.37. The van der Waals surface area contributed by atoms with Crippen LogP contribution in [0.3, 0.4) is 0 Å². The number of aromatic nitrogens is 3. The van der Waals surface area contributed by atoms with Crippen molar-refractivity contribution in [2.45, 2.75) is 12.3 Å². The number of halogens is 7. The van der Waals surface area contributed by atoms with Crippen molar-refractivity contribution in [1.29, 1.82) is 0 Å². The number of hydrogen-bond donors (Lipinski definition) is 1. The van der Waals surface area contributed by atoms with Gasteiger partial charge in [0.25, 0.3) is 0 Å². The molecule has 2 heterocycles. The second-order valence-corrected chi connectivity index (χ2v) is 7.68. The number of nitrogens with one attached hydrogen (secondary N) is 1. The molecule has 4 rings (SSSR count). The SMILES string of the molecule is Fc1ccc(C(F)(F)c2cc(Nc3nc4ccc(OC(F)(F)F)cc4s3)nc(Cl)n2)cc1. The van der Waals surface area contributed by atoms with Gasteiger partial charge in [-0.1, -0.05) is 11.3 Å². The third kappa shape index (κ3) is 4.86. The normalized spacial score (nSPS) is 12.2. The summed E-state index contributed by atoms with van der Waals surface area (Å²) in [6.07, 6.45) is -4.84. The summed E-state index contributed by atoms with van der Waals surface area (Å²) >= 11 is 6.75. The van der Waals surface area contributed by atoms with Crippen molar-refractivity contribution in [2.75, 3.05) is 5.32 Å². The van der Waals surface area contributed by atoms with Crippen LogP contribution >= 0.6 is 22.9 Å². The molecule has 0 unspecified atom stereocenters. The van der Waals surface area contributed by atoms with Crippen LogP contribution in [0.1, 0.15) is 11.3 Å². The minimum absolute atomic E-state index is 0.118. The minimum Gasteiger partial charge on any atom is -0.406 e. The molecule has 32 heavy (non-hydrogen) atoms. The lowest BCUT2D eigenvalue weighted by molar-refractivity contribution is -0.274. The van der Waals surface area contributed by atoms with Gasteiger partial charge in [-0.2, -0.15) is 8.78 Å². The van der Waals surface area contributed by atoms with E-state index in [1.54, 1.807) is 0 Å². The summed E-state index contributed by atoms with van der Waals surface area (Å²) in [7, 11) is 0. The van der Waals surface area contributed by atoms with Crippen molar-refractivity contribution in [3.63, 3.8) is 0 Å². The number of ether oxygens (including phenoxy) is 1. The largest absolute Gasteiger partial charge is 0.573 e. The van der Waals surface area contributed by atoms with Crippen LogP contribution in [0.2, 0.25) is 5.28 Å². The Bertz CT molecular complexity index is 1280. The molecule has 0 spiro atoms. The molecule has 0 saturated carbocycles. The van der Waals surface area contributed by atoms with Gasteiger partial charge in [-0.25, -0.2) is 19.3 Å². The summed E-state index contributed by atoms with van der Waals surface area (Å²) < 4.78 is 84.2. The average Bonchev–Trinajstić information content (AvgIpc) is 3.08. The lowest BCUT2D eigenvalue weighted by atomic mass is 10.1. The molecule has 0 fully saturated rings. The Kier molecular flexibility index (Phi) is 5.59. The van der Waals surface area contributed by atoms with Gasteiger partial charge >= 0.3 is 12.3 Å². The number of fused-ring (bicyclic) bond motifs is 1. The first-order valence-corrected chi connectivity index (χ1v) is 9.81. The van der Waals surface area contributed by atoms with Gasteiger partial charge in [0.15, 0.2) is 5.13 Å². The molecule has 0 aliphatic heterocycles. The standard InChI is InChI=1S/C19H9ClF6N4OS/c20-16-28-14(18(22,23)9-1-3-10(21)4-2-9)8-15(29-16)30-17-27-12-6-5-11(7-13(12)32-17)31-19(24,25)26/h1-8H,(H,27,28,29,30). The van der Waals surface area contributed by atoms with E-state index in [0.717, 1.165) is 53.8 Å². The van der Waals surface area contributed by atoms with Crippen molar-refractivity contribution in [1.82, 2.24) is 15.0 Å². The predicted molar refractivity (Wildman–Crippen MR) is 106 cm³/mol. The van der Waals surface area contributed by atoms with Crippen molar-refractivity contribution in [3.05, 3.63) is 70.9 Å². The van der Waals surface area contributed by atoms with Gasteiger partial charge in [0.2, 0.25) is 5.28 Å². The van der Waals surface area contributed by atoms with Crippen LogP contribution in [0.4, 0.5) is 37.3 Å². The Morgan fingerprint density at radius 3 is 2.31 bits per heavy atom. The second kappa shape index (κ2) is 8.10. The summed E-state index contributed by atoms with van der Waals surface area (Å²) in [6.45, 7) is 0. The Morgan fingerprint density at radius 2 is 1.62 bits per heavy atom. The monoisotopic (exact) mass is 490 g/mol. The van der Waals surface area contributed by atoms with E-state index in [1.165, 1.54) is 6.07 Å². The zero-order chi connectivity index (χ0) is 23.1. The molecule has 166 valence electrons. The Labute approximate surface area is 184 Å². The smallest absolute Gasteiger partial charge is 0.406 e. The van der Waals surface area contributed by atoms with Gasteiger partial charge in [-0.05, 0) is 48.0 Å². The highest BCUT2D eigenvalue weighted by molar-refractivity contribution is 7.22. The molecule has 2 aromatic carbocycles. The average molecular weight is 491 g/mol. The maximum atomic E-state index is 14.8. The van der Waals surface area contributed by atoms with E-state index in [9.17, 15) is 26.3 Å². The van der Waals surface area contributed by atoms with Crippen LogP contribution in [0.15, 0.2) is 48.5 Å². The molecule has 0 bridgehead atoms. The number of thiazole rings is 1. The fourth-order valence-electron chi connectivity index (χ4n) is 2.71. The Hall–Kier alpha value is -3.12. The summed E-state index contributed by atoms with van der Waals surface area (Å²) in [5.41, 5.74) is -0.894. The quantitative estimate of drug-likeness (QED) is 0.250. The first kappa shape index (κ1) is 22.1. The van der Waals surface area contributed by atoms with Gasteiger partial charge in [-0.15, -0.1) is 13.2 Å². The van der Waals surface area contributed by atoms with Crippen molar-refractivity contribution < 1.29 is 31.1 Å². The number of rotatable bonds is 5. The summed E-state index contributed by atoms with van der Waals surface area (Å²) in [5.74, 6) is -4.82. The van der Waals surface area contributed by atoms with E-state index in [-0.39, 0.29) is 10.9 Å². The first-order valence-electron chi connectivity index (χ1n) is 8.62. The molecule has 0 radical (unpaired) electrons. The van der Waals surface area contributed by atoms with E-state index >= 15 is 0 Å². The van der Waals surface area contributed by atoms with Crippen LogP contribution in [-0.4, -0.2) is 21.3 Å². The Morgan fingerprint density at radius 1 is 0.906 bits per heavy atom. The summed E-state index contributed by atoms with van der Waals surface area (Å²) in [4.78, 5) is 11.6. The van der Waals surface area contributed by atoms with Gasteiger partial charge in [-0.3, -0.25) is 0 Å². The van der Waals surface area contributed by atoms with Crippen molar-refractivity contribution >= 4 is 44.1 Å². The maximum Gasteiger partial charge on any atom is 0.573 e. The lowest BCUT2D eigenvalue weighted by Crippen LogP contribution is -2.18. The Balaban J connectivity index is 1.63. The lowest BCUT2D eigenvalue weighted by Gasteiger charge is -2.17. The highest BCUT2D eigenvalue weighted by Crippen LogP contribution is 2.37. The predicted octanol–water partition coefficient (Wildman–Crippen LogP) is 6.66. The van der Waals surface area contributed by atoms with Gasteiger partial charge < -0.3 is 10.1 Å². The van der Waals surface area contributed by atoms with Crippen LogP contribution in [0.25, 0.3) is 10.2 Å². The number of nitrogens with zero attached hydrogens (tertiary/aromatic N) is 3. The minimum atomic E-state index is -4.84. The molecule has 0 atom stereocenters. The second-order valence-electron chi connectivity index (χ2n) is 6.31. The van der Waals surface area contributed by atoms with E-state index in [1.807, 2.05) is 0 Å². The highest BCUT2D eigenvalue weighted by atomic mass is 35.5. The molecule has 0 amide bonds. The molecular formula is C19H9ClF6N4OS. The highest BCUT2D eigenvalue weighted by Gasteiger charge is 2.37. The van der Waals surface area contributed by atoms with Crippen LogP contribution in [0.5, 0.6) is 5.75 Å². The van der Waals surface area contributed by atoms with Gasteiger partial charge in [0.05, 0.1) is 10.2 Å². The molecule has 4 aromatic rings. The molecular weight excluding hydrogens is 482 g/mol. The fraction of sp³-hybridized carbons (Fsp3) is 0.105. The van der Waals surface area contributed by atoms with Crippen LogP contribution in [-0.2, 0) is 5.92 Å². The van der Waals surface area contributed by atoms with Crippen molar-refractivity contribution in [3.8, 4) is 5.75 Å². The summed E-state index contributed by atoms with van der Waals surface area (Å²) in [6, 6.07) is 8.14. The molecule has 0 saturated heterocycles. The molecule has 2 aromatic heterocycles. The maximum absolute atomic E-state index is 14.8. The van der Waals surface area contributed by atoms with Crippen LogP contribution < -0.4 is 10.1 Å². The number of anilines is 2. The molecule has 0 aliphatic carbocycles. The van der Waals surface area contributed by atoms with E-state index in [2.05, 4.69) is 25.0 Å². The van der Waals surface area contributed by atoms with Gasteiger partial charge in [0, 0.05) is 17.7 Å². The van der Waals surface area contributed by atoms with Crippen molar-refractivity contribution in [2.24, 2.45) is 0 Å². The van der Waals surface area contributed by atoms with Gasteiger partial charge in [0.1, 0.15) is 23.1 Å². The molecule has 5 nitrogen and oxygen atoms in total. The third-order valence-electron chi connectivity index (χ3n) is 4.06. The van der Waals surface area contributed by atoms with E-state index in [0.29, 0.717) is 10.2 Å².